The Morgan fingerprint density at radius 2 is 1.73 bits per heavy atom. The molecular formula is C36H42O5. The first-order valence-electron chi connectivity index (χ1n) is 14.8. The molecule has 2 heterocycles. The van der Waals surface area contributed by atoms with Crippen LogP contribution in [-0.2, 0) is 25.5 Å². The van der Waals surface area contributed by atoms with Gasteiger partial charge in [-0.05, 0) is 69.5 Å². The molecule has 0 saturated carbocycles. The van der Waals surface area contributed by atoms with E-state index in [0.29, 0.717) is 30.1 Å². The van der Waals surface area contributed by atoms with E-state index in [4.69, 9.17) is 13.9 Å². The zero-order valence-electron chi connectivity index (χ0n) is 25.0. The summed E-state index contributed by atoms with van der Waals surface area (Å²) in [5.74, 6) is 7.08. The van der Waals surface area contributed by atoms with Gasteiger partial charge >= 0.3 is 11.9 Å². The smallest absolute Gasteiger partial charge is 0.334 e. The van der Waals surface area contributed by atoms with E-state index in [1.165, 1.54) is 5.56 Å². The third kappa shape index (κ3) is 8.36. The number of esters is 2. The molecule has 41 heavy (non-hydrogen) atoms. The summed E-state index contributed by atoms with van der Waals surface area (Å²) in [4.78, 5) is 25.4. The Bertz CT molecular complexity index is 1440. The first-order valence-corrected chi connectivity index (χ1v) is 14.8. The Labute approximate surface area is 244 Å². The molecule has 1 atom stereocenters. The maximum Gasteiger partial charge on any atom is 0.334 e. The number of allylic oxidation sites excluding steroid dienone is 1. The molecule has 0 bridgehead atoms. The second-order valence-corrected chi connectivity index (χ2v) is 11.9. The first kappa shape index (κ1) is 30.2. The average molecular weight is 555 g/mol. The van der Waals surface area contributed by atoms with E-state index in [1.54, 1.807) is 0 Å². The van der Waals surface area contributed by atoms with E-state index < -0.39 is 11.5 Å². The summed E-state index contributed by atoms with van der Waals surface area (Å²) >= 11 is 0. The van der Waals surface area contributed by atoms with Crippen molar-refractivity contribution >= 4 is 22.9 Å². The second-order valence-electron chi connectivity index (χ2n) is 11.9. The number of furan rings is 1. The molecule has 0 amide bonds. The number of ether oxygens (including phenoxy) is 2. The molecule has 1 aliphatic heterocycles. The van der Waals surface area contributed by atoms with Gasteiger partial charge in [0.15, 0.2) is 0 Å². The summed E-state index contributed by atoms with van der Waals surface area (Å²) in [5.41, 5.74) is 3.72. The molecule has 1 aromatic heterocycles. The van der Waals surface area contributed by atoms with Crippen LogP contribution in [0, 0.1) is 30.1 Å². The molecular weight excluding hydrogens is 512 g/mol. The van der Waals surface area contributed by atoms with Crippen LogP contribution in [0.4, 0.5) is 0 Å². The van der Waals surface area contributed by atoms with Gasteiger partial charge in [0, 0.05) is 34.9 Å². The van der Waals surface area contributed by atoms with Crippen molar-refractivity contribution in [1.82, 2.24) is 0 Å². The molecule has 5 heteroatoms. The lowest BCUT2D eigenvalue weighted by Gasteiger charge is -2.22. The largest absolute Gasteiger partial charge is 0.461 e. The molecule has 3 aromatic rings. The van der Waals surface area contributed by atoms with Gasteiger partial charge in [0.2, 0.25) is 0 Å². The van der Waals surface area contributed by atoms with Crippen molar-refractivity contribution in [2.24, 2.45) is 11.3 Å². The van der Waals surface area contributed by atoms with Crippen molar-refractivity contribution in [2.75, 3.05) is 6.61 Å². The highest BCUT2D eigenvalue weighted by Gasteiger charge is 2.34. The standard InChI is InChI=1S/C36H42O5/c1-6-8-26(9-7-2)16-18-29-21-32(41-34(29)37)24-39-35(38)36(4,5)23-31-22-30-20-28(17-19-33(30)40-31)15-14-27-12-10-25(3)11-13-27/h10-13,17-20,22,26,32H,6-9,16,21,23-24H2,1-5H3/b29-18+. The predicted octanol–water partition coefficient (Wildman–Crippen LogP) is 8.10. The number of rotatable bonds is 11. The van der Waals surface area contributed by atoms with Gasteiger partial charge in [0.1, 0.15) is 24.1 Å². The average Bonchev–Trinajstić information content (AvgIpc) is 3.51. The van der Waals surface area contributed by atoms with Crippen LogP contribution in [0.1, 0.15) is 88.7 Å². The van der Waals surface area contributed by atoms with E-state index in [1.807, 2.05) is 56.3 Å². The molecule has 216 valence electrons. The lowest BCUT2D eigenvalue weighted by Crippen LogP contribution is -2.31. The minimum Gasteiger partial charge on any atom is -0.461 e. The molecule has 1 unspecified atom stereocenters. The molecule has 1 saturated heterocycles. The third-order valence-electron chi connectivity index (χ3n) is 7.61. The van der Waals surface area contributed by atoms with Crippen LogP contribution in [-0.4, -0.2) is 24.6 Å². The Morgan fingerprint density at radius 1 is 1.05 bits per heavy atom. The summed E-state index contributed by atoms with van der Waals surface area (Å²) in [5, 5.41) is 0.942. The van der Waals surface area contributed by atoms with Crippen LogP contribution in [0.15, 0.2) is 64.6 Å². The summed E-state index contributed by atoms with van der Waals surface area (Å²) in [6.45, 7) is 10.2. The fourth-order valence-electron chi connectivity index (χ4n) is 5.28. The lowest BCUT2D eigenvalue weighted by molar-refractivity contribution is -0.160. The summed E-state index contributed by atoms with van der Waals surface area (Å²) in [6.07, 6.45) is 7.97. The van der Waals surface area contributed by atoms with Gasteiger partial charge in [-0.25, -0.2) is 4.79 Å². The van der Waals surface area contributed by atoms with E-state index >= 15 is 0 Å². The summed E-state index contributed by atoms with van der Waals surface area (Å²) in [7, 11) is 0. The minimum absolute atomic E-state index is 0.0574. The maximum absolute atomic E-state index is 13.0. The van der Waals surface area contributed by atoms with Gasteiger partial charge in [-0.2, -0.15) is 0 Å². The van der Waals surface area contributed by atoms with Gasteiger partial charge < -0.3 is 13.9 Å². The highest BCUT2D eigenvalue weighted by Crippen LogP contribution is 2.30. The van der Waals surface area contributed by atoms with Crippen molar-refractivity contribution in [1.29, 1.82) is 0 Å². The highest BCUT2D eigenvalue weighted by atomic mass is 16.6. The van der Waals surface area contributed by atoms with Crippen LogP contribution in [0.2, 0.25) is 0 Å². The Balaban J connectivity index is 1.32. The number of cyclic esters (lactones) is 1. The minimum atomic E-state index is -0.809. The monoisotopic (exact) mass is 554 g/mol. The number of carbonyl (C=O) groups excluding carboxylic acids is 2. The number of benzene rings is 2. The van der Waals surface area contributed by atoms with Crippen LogP contribution in [0.25, 0.3) is 11.0 Å². The number of carbonyl (C=O) groups is 2. The van der Waals surface area contributed by atoms with Crippen molar-refractivity contribution < 1.29 is 23.5 Å². The molecule has 5 nitrogen and oxygen atoms in total. The Hall–Kier alpha value is -3.78. The summed E-state index contributed by atoms with van der Waals surface area (Å²) in [6, 6.07) is 15.9. The Morgan fingerprint density at radius 3 is 2.44 bits per heavy atom. The highest BCUT2D eigenvalue weighted by molar-refractivity contribution is 5.90. The van der Waals surface area contributed by atoms with Crippen LogP contribution < -0.4 is 0 Å². The van der Waals surface area contributed by atoms with Gasteiger partial charge in [0.05, 0.1) is 5.41 Å². The second kappa shape index (κ2) is 13.7. The van der Waals surface area contributed by atoms with Gasteiger partial charge in [0.25, 0.3) is 0 Å². The van der Waals surface area contributed by atoms with E-state index in [2.05, 4.69) is 44.7 Å². The molecule has 0 aliphatic carbocycles. The fraction of sp³-hybridized carbons (Fsp3) is 0.444. The van der Waals surface area contributed by atoms with Crippen molar-refractivity contribution in [3.05, 3.63) is 82.6 Å². The Kier molecular flexibility index (Phi) is 10.1. The van der Waals surface area contributed by atoms with Crippen molar-refractivity contribution in [3.63, 3.8) is 0 Å². The molecule has 1 aliphatic rings. The van der Waals surface area contributed by atoms with E-state index in [-0.39, 0.29) is 18.5 Å². The number of aryl methyl sites for hydroxylation is 1. The topological polar surface area (TPSA) is 65.7 Å². The molecule has 2 aromatic carbocycles. The van der Waals surface area contributed by atoms with Gasteiger partial charge in [-0.1, -0.05) is 75.1 Å². The van der Waals surface area contributed by atoms with Crippen LogP contribution in [0.3, 0.4) is 0 Å². The summed E-state index contributed by atoms with van der Waals surface area (Å²) < 4.78 is 17.2. The molecule has 0 N–H and O–H groups in total. The normalized spacial score (nSPS) is 16.2. The molecule has 0 radical (unpaired) electrons. The molecule has 1 fully saturated rings. The number of fused-ring (bicyclic) bond motifs is 1. The van der Waals surface area contributed by atoms with Crippen molar-refractivity contribution in [3.8, 4) is 11.8 Å². The lowest BCUT2D eigenvalue weighted by atomic mass is 9.88. The van der Waals surface area contributed by atoms with E-state index in [9.17, 15) is 9.59 Å². The van der Waals surface area contributed by atoms with E-state index in [0.717, 1.165) is 54.2 Å². The predicted molar refractivity (Wildman–Crippen MR) is 162 cm³/mol. The SMILES string of the molecule is CCCC(C/C=C1\CC(COC(=O)C(C)(C)Cc2cc3cc(C#Cc4ccc(C)cc4)ccc3o2)OC1=O)CCC. The number of hydrogen-bond acceptors (Lipinski definition) is 5. The fourth-order valence-corrected chi connectivity index (χ4v) is 5.28. The quantitative estimate of drug-likeness (QED) is 0.136. The third-order valence-corrected chi connectivity index (χ3v) is 7.61. The van der Waals surface area contributed by atoms with Crippen LogP contribution >= 0.6 is 0 Å². The van der Waals surface area contributed by atoms with Gasteiger partial charge in [-0.15, -0.1) is 0 Å². The zero-order chi connectivity index (χ0) is 29.4. The maximum atomic E-state index is 13.0. The number of hydrogen-bond donors (Lipinski definition) is 0. The van der Waals surface area contributed by atoms with Crippen LogP contribution in [0.5, 0.6) is 0 Å². The molecule has 0 spiro atoms. The molecule has 4 rings (SSSR count). The van der Waals surface area contributed by atoms with Crippen molar-refractivity contribution in [2.45, 2.75) is 85.7 Å². The van der Waals surface area contributed by atoms with Gasteiger partial charge in [-0.3, -0.25) is 4.79 Å². The first-order chi connectivity index (χ1) is 19.7. The zero-order valence-corrected chi connectivity index (χ0v) is 25.0.